The van der Waals surface area contributed by atoms with Crippen molar-refractivity contribution in [1.82, 2.24) is 5.32 Å². The first kappa shape index (κ1) is 12.8. The Balaban J connectivity index is 3.53. The molecule has 0 aliphatic carbocycles. The first-order valence-electron chi connectivity index (χ1n) is 4.60. The van der Waals surface area contributed by atoms with Gasteiger partial charge in [0.2, 0.25) is 5.91 Å². The van der Waals surface area contributed by atoms with Crippen LogP contribution in [0.1, 0.15) is 26.7 Å². The number of hydrogen-bond acceptors (Lipinski definition) is 3. The van der Waals surface area contributed by atoms with Crippen molar-refractivity contribution in [2.24, 2.45) is 5.73 Å². The molecule has 0 rings (SSSR count). The standard InChI is InChI=1S/C9H20N2OS/c1-7(10)6-9(12)11-8(2)4-5-13-3/h7-8H,4-6,10H2,1-3H3,(H,11,12). The van der Waals surface area contributed by atoms with Crippen LogP contribution >= 0.6 is 11.8 Å². The normalized spacial score (nSPS) is 15.1. The average Bonchev–Trinajstić information content (AvgIpc) is 1.98. The van der Waals surface area contributed by atoms with Crippen LogP contribution in [0.3, 0.4) is 0 Å². The van der Waals surface area contributed by atoms with Gasteiger partial charge in [0.15, 0.2) is 0 Å². The van der Waals surface area contributed by atoms with E-state index in [1.165, 1.54) is 0 Å². The van der Waals surface area contributed by atoms with Gasteiger partial charge in [-0.3, -0.25) is 4.79 Å². The van der Waals surface area contributed by atoms with E-state index in [9.17, 15) is 4.79 Å². The lowest BCUT2D eigenvalue weighted by atomic mass is 10.2. The molecule has 0 radical (unpaired) electrons. The van der Waals surface area contributed by atoms with Crippen LogP contribution in [-0.2, 0) is 4.79 Å². The van der Waals surface area contributed by atoms with Crippen LogP contribution in [0.2, 0.25) is 0 Å². The number of hydrogen-bond donors (Lipinski definition) is 2. The van der Waals surface area contributed by atoms with E-state index in [1.54, 1.807) is 11.8 Å². The molecule has 3 N–H and O–H groups in total. The fourth-order valence-corrected chi connectivity index (χ4v) is 1.58. The average molecular weight is 204 g/mol. The van der Waals surface area contributed by atoms with Gasteiger partial charge < -0.3 is 11.1 Å². The molecule has 0 aromatic carbocycles. The van der Waals surface area contributed by atoms with Gasteiger partial charge >= 0.3 is 0 Å². The second-order valence-electron chi connectivity index (χ2n) is 3.43. The molecule has 13 heavy (non-hydrogen) atoms. The molecule has 0 aliphatic heterocycles. The number of carbonyl (C=O) groups excluding carboxylic acids is 1. The van der Waals surface area contributed by atoms with E-state index < -0.39 is 0 Å². The number of nitrogens with two attached hydrogens (primary N) is 1. The minimum atomic E-state index is -0.0484. The Bertz CT molecular complexity index is 151. The van der Waals surface area contributed by atoms with Gasteiger partial charge in [0.1, 0.15) is 0 Å². The maximum Gasteiger partial charge on any atom is 0.221 e. The molecule has 4 heteroatoms. The van der Waals surface area contributed by atoms with Crippen molar-refractivity contribution >= 4 is 17.7 Å². The Morgan fingerprint density at radius 1 is 1.54 bits per heavy atom. The molecule has 2 atom stereocenters. The molecule has 1 amide bonds. The Labute approximate surface area is 84.8 Å². The summed E-state index contributed by atoms with van der Waals surface area (Å²) >= 11 is 1.79. The quantitative estimate of drug-likeness (QED) is 0.678. The van der Waals surface area contributed by atoms with Crippen molar-refractivity contribution in [2.75, 3.05) is 12.0 Å². The van der Waals surface area contributed by atoms with E-state index in [0.29, 0.717) is 6.42 Å². The highest BCUT2D eigenvalue weighted by molar-refractivity contribution is 7.98. The molecule has 0 saturated heterocycles. The predicted octanol–water partition coefficient (Wildman–Crippen LogP) is 0.981. The minimum Gasteiger partial charge on any atom is -0.354 e. The summed E-state index contributed by atoms with van der Waals surface area (Å²) in [5.74, 6) is 1.14. The van der Waals surface area contributed by atoms with Crippen LogP contribution in [0.15, 0.2) is 0 Å². The van der Waals surface area contributed by atoms with Crippen molar-refractivity contribution in [2.45, 2.75) is 38.8 Å². The smallest absolute Gasteiger partial charge is 0.221 e. The van der Waals surface area contributed by atoms with Gasteiger partial charge in [-0.2, -0.15) is 11.8 Å². The molecule has 0 aliphatic rings. The SMILES string of the molecule is CSCCC(C)NC(=O)CC(C)N. The Hall–Kier alpha value is -0.220. The third kappa shape index (κ3) is 8.12. The Kier molecular flexibility index (Phi) is 7.09. The van der Waals surface area contributed by atoms with Gasteiger partial charge in [-0.15, -0.1) is 0 Å². The number of rotatable bonds is 6. The number of carbonyl (C=O) groups is 1. The second kappa shape index (κ2) is 7.21. The van der Waals surface area contributed by atoms with Crippen LogP contribution < -0.4 is 11.1 Å². The summed E-state index contributed by atoms with van der Waals surface area (Å²) in [6, 6.07) is 0.214. The maximum atomic E-state index is 11.2. The maximum absolute atomic E-state index is 11.2. The van der Waals surface area contributed by atoms with Gasteiger partial charge in [-0.25, -0.2) is 0 Å². The van der Waals surface area contributed by atoms with Crippen molar-refractivity contribution in [3.8, 4) is 0 Å². The van der Waals surface area contributed by atoms with Gasteiger partial charge in [0.05, 0.1) is 0 Å². The summed E-state index contributed by atoms with van der Waals surface area (Å²) in [7, 11) is 0. The summed E-state index contributed by atoms with van der Waals surface area (Å²) in [5, 5.41) is 2.91. The van der Waals surface area contributed by atoms with E-state index in [0.717, 1.165) is 12.2 Å². The molecule has 2 unspecified atom stereocenters. The van der Waals surface area contributed by atoms with Crippen molar-refractivity contribution < 1.29 is 4.79 Å². The monoisotopic (exact) mass is 204 g/mol. The first-order chi connectivity index (χ1) is 6.06. The summed E-state index contributed by atoms with van der Waals surface area (Å²) in [6.45, 7) is 3.86. The molecule has 0 aromatic heterocycles. The zero-order valence-electron chi connectivity index (χ0n) is 8.67. The van der Waals surface area contributed by atoms with Gasteiger partial charge in [-0.05, 0) is 32.3 Å². The van der Waals surface area contributed by atoms with E-state index in [4.69, 9.17) is 5.73 Å². The molecule has 0 saturated carbocycles. The van der Waals surface area contributed by atoms with Gasteiger partial charge in [-0.1, -0.05) is 0 Å². The third-order valence-corrected chi connectivity index (χ3v) is 2.31. The fourth-order valence-electron chi connectivity index (χ4n) is 0.993. The molecule has 78 valence electrons. The summed E-state index contributed by atoms with van der Waals surface area (Å²) in [4.78, 5) is 11.2. The largest absolute Gasteiger partial charge is 0.354 e. The molecule has 0 aromatic rings. The number of nitrogens with one attached hydrogen (secondary N) is 1. The lowest BCUT2D eigenvalue weighted by Crippen LogP contribution is -2.36. The molecule has 0 heterocycles. The number of thioether (sulfide) groups is 1. The van der Waals surface area contributed by atoms with Gasteiger partial charge in [0, 0.05) is 18.5 Å². The van der Waals surface area contributed by atoms with Crippen molar-refractivity contribution in [3.63, 3.8) is 0 Å². The lowest BCUT2D eigenvalue weighted by Gasteiger charge is -2.13. The van der Waals surface area contributed by atoms with E-state index in [-0.39, 0.29) is 18.0 Å². The second-order valence-corrected chi connectivity index (χ2v) is 4.42. The highest BCUT2D eigenvalue weighted by atomic mass is 32.2. The van der Waals surface area contributed by atoms with Crippen LogP contribution in [0.25, 0.3) is 0 Å². The summed E-state index contributed by atoms with van der Waals surface area (Å²) < 4.78 is 0. The van der Waals surface area contributed by atoms with E-state index in [2.05, 4.69) is 11.6 Å². The zero-order valence-corrected chi connectivity index (χ0v) is 9.49. The van der Waals surface area contributed by atoms with Crippen LogP contribution in [0.5, 0.6) is 0 Å². The van der Waals surface area contributed by atoms with Crippen molar-refractivity contribution in [1.29, 1.82) is 0 Å². The summed E-state index contributed by atoms with van der Waals surface area (Å²) in [5.41, 5.74) is 5.50. The molecular weight excluding hydrogens is 184 g/mol. The van der Waals surface area contributed by atoms with E-state index in [1.807, 2.05) is 13.8 Å². The molecule has 3 nitrogen and oxygen atoms in total. The van der Waals surface area contributed by atoms with E-state index >= 15 is 0 Å². The van der Waals surface area contributed by atoms with Crippen LogP contribution in [0.4, 0.5) is 0 Å². The molecular formula is C9H20N2OS. The highest BCUT2D eigenvalue weighted by Crippen LogP contribution is 2.00. The number of amides is 1. The van der Waals surface area contributed by atoms with Gasteiger partial charge in [0.25, 0.3) is 0 Å². The minimum absolute atomic E-state index is 0.0484. The molecule has 0 fully saturated rings. The van der Waals surface area contributed by atoms with Crippen LogP contribution in [0, 0.1) is 0 Å². The van der Waals surface area contributed by atoms with Crippen LogP contribution in [-0.4, -0.2) is 30.0 Å². The zero-order chi connectivity index (χ0) is 10.3. The molecule has 0 bridgehead atoms. The molecule has 0 spiro atoms. The Morgan fingerprint density at radius 3 is 2.62 bits per heavy atom. The highest BCUT2D eigenvalue weighted by Gasteiger charge is 2.08. The lowest BCUT2D eigenvalue weighted by molar-refractivity contribution is -0.121. The first-order valence-corrected chi connectivity index (χ1v) is 5.99. The fraction of sp³-hybridized carbons (Fsp3) is 0.889. The predicted molar refractivity (Wildman–Crippen MR) is 58.9 cm³/mol. The summed E-state index contributed by atoms with van der Waals surface area (Å²) in [6.07, 6.45) is 3.51. The third-order valence-electron chi connectivity index (χ3n) is 1.67. The Morgan fingerprint density at radius 2 is 2.15 bits per heavy atom. The van der Waals surface area contributed by atoms with Crippen molar-refractivity contribution in [3.05, 3.63) is 0 Å². The topological polar surface area (TPSA) is 55.1 Å².